The number of rotatable bonds is 2. The van der Waals surface area contributed by atoms with Gasteiger partial charge in [-0.15, -0.1) is 0 Å². The summed E-state index contributed by atoms with van der Waals surface area (Å²) in [6.45, 7) is 1.60. The Bertz CT molecular complexity index is 483. The van der Waals surface area contributed by atoms with E-state index in [4.69, 9.17) is 11.5 Å². The molecule has 1 saturated heterocycles. The minimum atomic E-state index is -0.714. The van der Waals surface area contributed by atoms with E-state index < -0.39 is 11.5 Å². The summed E-state index contributed by atoms with van der Waals surface area (Å²) in [6.07, 6.45) is 3.60. The molecule has 92 valence electrons. The second-order valence-electron chi connectivity index (χ2n) is 4.31. The zero-order chi connectivity index (χ0) is 12.4. The lowest BCUT2D eigenvalue weighted by molar-refractivity contribution is 0.0999. The lowest BCUT2D eigenvalue weighted by Crippen LogP contribution is -2.43. The van der Waals surface area contributed by atoms with E-state index in [-0.39, 0.29) is 11.6 Å². The van der Waals surface area contributed by atoms with Crippen LogP contribution in [-0.4, -0.2) is 30.0 Å². The Balaban J connectivity index is 2.29. The van der Waals surface area contributed by atoms with Gasteiger partial charge in [-0.3, -0.25) is 9.59 Å². The topological polar surface area (TPSA) is 105 Å². The standard InChI is InChI=1S/C11H16N4O2/c12-7-2-1-3-15(6-7)8-4-9(10(13)16)11(17)14-5-8/h4-5,7H,1-3,6,12H2,(H2,13,16)(H,14,17). The molecule has 2 heterocycles. The van der Waals surface area contributed by atoms with Gasteiger partial charge in [-0.2, -0.15) is 0 Å². The molecule has 1 aromatic rings. The van der Waals surface area contributed by atoms with Gasteiger partial charge in [0.2, 0.25) is 0 Å². The highest BCUT2D eigenvalue weighted by atomic mass is 16.2. The number of hydrogen-bond acceptors (Lipinski definition) is 4. The second kappa shape index (κ2) is 4.58. The molecule has 0 spiro atoms. The van der Waals surface area contributed by atoms with Gasteiger partial charge in [-0.1, -0.05) is 0 Å². The number of H-pyrrole nitrogens is 1. The van der Waals surface area contributed by atoms with Crippen molar-refractivity contribution in [3.8, 4) is 0 Å². The molecule has 1 aliphatic rings. The molecular formula is C11H16N4O2. The van der Waals surface area contributed by atoms with Gasteiger partial charge in [0.25, 0.3) is 11.5 Å². The van der Waals surface area contributed by atoms with E-state index >= 15 is 0 Å². The van der Waals surface area contributed by atoms with Crippen LogP contribution in [0.4, 0.5) is 5.69 Å². The van der Waals surface area contributed by atoms with Crippen molar-refractivity contribution in [2.24, 2.45) is 11.5 Å². The number of carbonyl (C=O) groups excluding carboxylic acids is 1. The minimum Gasteiger partial charge on any atom is -0.369 e. The van der Waals surface area contributed by atoms with Gasteiger partial charge in [-0.25, -0.2) is 0 Å². The molecule has 1 amide bonds. The van der Waals surface area contributed by atoms with Crippen molar-refractivity contribution in [1.82, 2.24) is 4.98 Å². The molecule has 6 heteroatoms. The molecule has 0 radical (unpaired) electrons. The summed E-state index contributed by atoms with van der Waals surface area (Å²) in [7, 11) is 0. The fraction of sp³-hybridized carbons (Fsp3) is 0.455. The first-order chi connectivity index (χ1) is 8.08. The van der Waals surface area contributed by atoms with Crippen LogP contribution in [0, 0.1) is 0 Å². The smallest absolute Gasteiger partial charge is 0.260 e. The number of hydrogen-bond donors (Lipinski definition) is 3. The molecule has 1 atom stereocenters. The van der Waals surface area contributed by atoms with Crippen LogP contribution in [0.5, 0.6) is 0 Å². The number of aromatic nitrogens is 1. The fourth-order valence-corrected chi connectivity index (χ4v) is 2.08. The SMILES string of the molecule is NC(=O)c1cc(N2CCCC(N)C2)c[nH]c1=O. The number of carbonyl (C=O) groups is 1. The Labute approximate surface area is 98.6 Å². The normalized spacial score (nSPS) is 20.3. The first kappa shape index (κ1) is 11.7. The summed E-state index contributed by atoms with van der Waals surface area (Å²) in [5, 5.41) is 0. The van der Waals surface area contributed by atoms with E-state index in [0.29, 0.717) is 0 Å². The number of nitrogens with two attached hydrogens (primary N) is 2. The lowest BCUT2D eigenvalue weighted by Gasteiger charge is -2.32. The van der Waals surface area contributed by atoms with Gasteiger partial charge < -0.3 is 21.4 Å². The average Bonchev–Trinajstić information content (AvgIpc) is 2.29. The average molecular weight is 236 g/mol. The maximum atomic E-state index is 11.4. The van der Waals surface area contributed by atoms with E-state index in [1.54, 1.807) is 6.20 Å². The zero-order valence-electron chi connectivity index (χ0n) is 9.48. The Morgan fingerprint density at radius 1 is 1.53 bits per heavy atom. The molecule has 2 rings (SSSR count). The molecule has 6 nitrogen and oxygen atoms in total. The Kier molecular flexibility index (Phi) is 3.14. The third-order valence-electron chi connectivity index (χ3n) is 2.98. The van der Waals surface area contributed by atoms with Crippen molar-refractivity contribution < 1.29 is 4.79 Å². The highest BCUT2D eigenvalue weighted by Crippen LogP contribution is 2.18. The summed E-state index contributed by atoms with van der Waals surface area (Å²) in [5.41, 5.74) is 11.3. The third kappa shape index (κ3) is 2.47. The van der Waals surface area contributed by atoms with Crippen LogP contribution >= 0.6 is 0 Å². The van der Waals surface area contributed by atoms with E-state index in [0.717, 1.165) is 31.6 Å². The maximum absolute atomic E-state index is 11.4. The summed E-state index contributed by atoms with van der Waals surface area (Å²) in [6, 6.07) is 1.66. The summed E-state index contributed by atoms with van der Waals surface area (Å²) < 4.78 is 0. The molecule has 1 fully saturated rings. The van der Waals surface area contributed by atoms with Crippen LogP contribution in [0.25, 0.3) is 0 Å². The van der Waals surface area contributed by atoms with Gasteiger partial charge in [0, 0.05) is 25.3 Å². The van der Waals surface area contributed by atoms with E-state index in [2.05, 4.69) is 9.88 Å². The van der Waals surface area contributed by atoms with E-state index in [1.165, 1.54) is 6.07 Å². The summed E-state index contributed by atoms with van der Waals surface area (Å²) in [5.74, 6) is -0.714. The molecule has 5 N–H and O–H groups in total. The molecule has 1 aliphatic heterocycles. The molecule has 0 bridgehead atoms. The second-order valence-corrected chi connectivity index (χ2v) is 4.31. The number of aromatic amines is 1. The quantitative estimate of drug-likeness (QED) is 0.637. The van der Waals surface area contributed by atoms with Crippen molar-refractivity contribution >= 4 is 11.6 Å². The number of nitrogens with zero attached hydrogens (tertiary/aromatic N) is 1. The largest absolute Gasteiger partial charge is 0.369 e. The monoisotopic (exact) mass is 236 g/mol. The highest BCUT2D eigenvalue weighted by molar-refractivity contribution is 5.93. The zero-order valence-corrected chi connectivity index (χ0v) is 9.48. The lowest BCUT2D eigenvalue weighted by atomic mass is 10.1. The van der Waals surface area contributed by atoms with E-state index in [9.17, 15) is 9.59 Å². The molecule has 0 aromatic carbocycles. The fourth-order valence-electron chi connectivity index (χ4n) is 2.08. The van der Waals surface area contributed by atoms with Crippen LogP contribution < -0.4 is 21.9 Å². The highest BCUT2D eigenvalue weighted by Gasteiger charge is 2.18. The minimum absolute atomic E-state index is 0.0124. The Morgan fingerprint density at radius 2 is 2.29 bits per heavy atom. The molecular weight excluding hydrogens is 220 g/mol. The van der Waals surface area contributed by atoms with Gasteiger partial charge in [0.15, 0.2) is 0 Å². The van der Waals surface area contributed by atoms with Crippen LogP contribution in [0.1, 0.15) is 23.2 Å². The first-order valence-corrected chi connectivity index (χ1v) is 5.61. The number of pyridine rings is 1. The van der Waals surface area contributed by atoms with Gasteiger partial charge in [0.05, 0.1) is 5.69 Å². The number of piperidine rings is 1. The Hall–Kier alpha value is -1.82. The number of nitrogens with one attached hydrogen (secondary N) is 1. The number of anilines is 1. The maximum Gasteiger partial charge on any atom is 0.260 e. The number of amides is 1. The third-order valence-corrected chi connectivity index (χ3v) is 2.98. The van der Waals surface area contributed by atoms with Gasteiger partial charge in [-0.05, 0) is 18.9 Å². The van der Waals surface area contributed by atoms with Crippen molar-refractivity contribution in [1.29, 1.82) is 0 Å². The van der Waals surface area contributed by atoms with Crippen molar-refractivity contribution in [2.75, 3.05) is 18.0 Å². The Morgan fingerprint density at radius 3 is 2.94 bits per heavy atom. The van der Waals surface area contributed by atoms with Crippen molar-refractivity contribution in [2.45, 2.75) is 18.9 Å². The molecule has 1 aromatic heterocycles. The predicted octanol–water partition coefficient (Wildman–Crippen LogP) is -0.599. The van der Waals surface area contributed by atoms with E-state index in [1.807, 2.05) is 0 Å². The number of primary amides is 1. The predicted molar refractivity (Wildman–Crippen MR) is 65.0 cm³/mol. The van der Waals surface area contributed by atoms with Crippen LogP contribution in [0.15, 0.2) is 17.1 Å². The molecule has 0 saturated carbocycles. The van der Waals surface area contributed by atoms with Crippen molar-refractivity contribution in [3.63, 3.8) is 0 Å². The van der Waals surface area contributed by atoms with Crippen molar-refractivity contribution in [3.05, 3.63) is 28.2 Å². The van der Waals surface area contributed by atoms with Gasteiger partial charge in [0.1, 0.15) is 5.56 Å². The molecule has 0 aliphatic carbocycles. The summed E-state index contributed by atoms with van der Waals surface area (Å²) >= 11 is 0. The van der Waals surface area contributed by atoms with Crippen LogP contribution in [0.2, 0.25) is 0 Å². The molecule has 17 heavy (non-hydrogen) atoms. The van der Waals surface area contributed by atoms with Gasteiger partial charge >= 0.3 is 0 Å². The van der Waals surface area contributed by atoms with Crippen LogP contribution in [-0.2, 0) is 0 Å². The first-order valence-electron chi connectivity index (χ1n) is 5.61. The van der Waals surface area contributed by atoms with Crippen LogP contribution in [0.3, 0.4) is 0 Å². The summed E-state index contributed by atoms with van der Waals surface area (Å²) in [4.78, 5) is 27.0. The molecule has 1 unspecified atom stereocenters.